The van der Waals surface area contributed by atoms with E-state index < -0.39 is 18.4 Å². The molecule has 1 atom stereocenters. The summed E-state index contributed by atoms with van der Waals surface area (Å²) in [5, 5.41) is 18.6. The molecule has 4 nitrogen and oxygen atoms in total. The Hall–Kier alpha value is -0.870. The SMILES string of the molecule is C=C(C)C(=O)OC(O)(CO)CC(C)C. The van der Waals surface area contributed by atoms with E-state index in [1.165, 1.54) is 6.92 Å². The summed E-state index contributed by atoms with van der Waals surface area (Å²) in [6.45, 7) is 7.97. The van der Waals surface area contributed by atoms with Gasteiger partial charge in [0.1, 0.15) is 6.61 Å². The van der Waals surface area contributed by atoms with Gasteiger partial charge >= 0.3 is 5.97 Å². The van der Waals surface area contributed by atoms with Gasteiger partial charge in [-0.15, -0.1) is 0 Å². The first kappa shape index (κ1) is 13.1. The van der Waals surface area contributed by atoms with Crippen molar-refractivity contribution in [2.24, 2.45) is 5.92 Å². The van der Waals surface area contributed by atoms with Crippen LogP contribution in [-0.2, 0) is 9.53 Å². The molecule has 0 heterocycles. The number of hydrogen-bond acceptors (Lipinski definition) is 4. The highest BCUT2D eigenvalue weighted by Gasteiger charge is 2.31. The maximum absolute atomic E-state index is 11.1. The van der Waals surface area contributed by atoms with Gasteiger partial charge in [0, 0.05) is 12.0 Å². The van der Waals surface area contributed by atoms with Gasteiger partial charge in [-0.1, -0.05) is 20.4 Å². The topological polar surface area (TPSA) is 66.8 Å². The molecule has 14 heavy (non-hydrogen) atoms. The van der Waals surface area contributed by atoms with Gasteiger partial charge in [-0.05, 0) is 12.8 Å². The Balaban J connectivity index is 4.39. The molecule has 0 bridgehead atoms. The van der Waals surface area contributed by atoms with E-state index in [2.05, 4.69) is 6.58 Å². The molecular weight excluding hydrogens is 184 g/mol. The van der Waals surface area contributed by atoms with Crippen molar-refractivity contribution in [1.29, 1.82) is 0 Å². The summed E-state index contributed by atoms with van der Waals surface area (Å²) in [7, 11) is 0. The zero-order chi connectivity index (χ0) is 11.4. The molecule has 0 aromatic carbocycles. The summed E-state index contributed by atoms with van der Waals surface area (Å²) in [6.07, 6.45) is 0.197. The fourth-order valence-electron chi connectivity index (χ4n) is 1.04. The largest absolute Gasteiger partial charge is 0.427 e. The fraction of sp³-hybridized carbons (Fsp3) is 0.700. The summed E-state index contributed by atoms with van der Waals surface area (Å²) in [5.41, 5.74) is 0.195. The highest BCUT2D eigenvalue weighted by molar-refractivity contribution is 5.87. The minimum Gasteiger partial charge on any atom is -0.427 e. The van der Waals surface area contributed by atoms with Gasteiger partial charge in [0.2, 0.25) is 5.79 Å². The van der Waals surface area contributed by atoms with Crippen molar-refractivity contribution in [3.8, 4) is 0 Å². The monoisotopic (exact) mass is 202 g/mol. The van der Waals surface area contributed by atoms with E-state index in [9.17, 15) is 9.90 Å². The molecule has 0 amide bonds. The average Bonchev–Trinajstić information content (AvgIpc) is 2.02. The number of esters is 1. The van der Waals surface area contributed by atoms with Crippen molar-refractivity contribution in [1.82, 2.24) is 0 Å². The molecule has 0 aliphatic carbocycles. The summed E-state index contributed by atoms with van der Waals surface area (Å²) in [4.78, 5) is 11.1. The van der Waals surface area contributed by atoms with Gasteiger partial charge < -0.3 is 14.9 Å². The van der Waals surface area contributed by atoms with E-state index in [0.29, 0.717) is 0 Å². The average molecular weight is 202 g/mol. The number of aliphatic hydroxyl groups excluding tert-OH is 1. The van der Waals surface area contributed by atoms with E-state index in [1.807, 2.05) is 13.8 Å². The fourth-order valence-corrected chi connectivity index (χ4v) is 1.04. The van der Waals surface area contributed by atoms with Crippen molar-refractivity contribution in [2.45, 2.75) is 33.0 Å². The third-order valence-electron chi connectivity index (χ3n) is 1.61. The lowest BCUT2D eigenvalue weighted by atomic mass is 10.0. The number of aliphatic hydroxyl groups is 2. The molecule has 0 spiro atoms. The highest BCUT2D eigenvalue weighted by Crippen LogP contribution is 2.19. The smallest absolute Gasteiger partial charge is 0.335 e. The van der Waals surface area contributed by atoms with Gasteiger partial charge in [-0.25, -0.2) is 4.79 Å². The van der Waals surface area contributed by atoms with Crippen LogP contribution in [0.4, 0.5) is 0 Å². The first-order valence-corrected chi connectivity index (χ1v) is 4.53. The lowest BCUT2D eigenvalue weighted by Crippen LogP contribution is -2.40. The lowest BCUT2D eigenvalue weighted by molar-refractivity contribution is -0.225. The summed E-state index contributed by atoms with van der Waals surface area (Å²) in [5.74, 6) is -2.36. The second kappa shape index (κ2) is 5.12. The van der Waals surface area contributed by atoms with Crippen LogP contribution in [0.5, 0.6) is 0 Å². The van der Waals surface area contributed by atoms with Crippen LogP contribution in [-0.4, -0.2) is 28.6 Å². The molecule has 1 unspecified atom stereocenters. The van der Waals surface area contributed by atoms with E-state index in [4.69, 9.17) is 9.84 Å². The normalized spacial score (nSPS) is 15.0. The van der Waals surface area contributed by atoms with E-state index in [0.717, 1.165) is 0 Å². The molecule has 0 fully saturated rings. The summed E-state index contributed by atoms with van der Waals surface area (Å²) in [6, 6.07) is 0. The van der Waals surface area contributed by atoms with E-state index in [1.54, 1.807) is 0 Å². The second-order valence-corrected chi connectivity index (χ2v) is 3.87. The number of carbonyl (C=O) groups is 1. The third-order valence-corrected chi connectivity index (χ3v) is 1.61. The third kappa shape index (κ3) is 4.39. The Kier molecular flexibility index (Phi) is 4.80. The summed E-state index contributed by atoms with van der Waals surface area (Å²) >= 11 is 0. The number of rotatable bonds is 5. The van der Waals surface area contributed by atoms with Crippen molar-refractivity contribution in [2.75, 3.05) is 6.61 Å². The molecule has 2 N–H and O–H groups in total. The molecule has 0 radical (unpaired) electrons. The van der Waals surface area contributed by atoms with Crippen LogP contribution in [0.1, 0.15) is 27.2 Å². The quantitative estimate of drug-likeness (QED) is 0.394. The van der Waals surface area contributed by atoms with Crippen LogP contribution in [0, 0.1) is 5.92 Å². The molecule has 0 saturated heterocycles. The molecule has 0 aromatic heterocycles. The second-order valence-electron chi connectivity index (χ2n) is 3.87. The zero-order valence-corrected chi connectivity index (χ0v) is 8.91. The van der Waals surface area contributed by atoms with Crippen LogP contribution in [0.25, 0.3) is 0 Å². The Morgan fingerprint density at radius 3 is 2.36 bits per heavy atom. The predicted octanol–water partition coefficient (Wildman–Crippen LogP) is 0.833. The van der Waals surface area contributed by atoms with Gasteiger partial charge in [-0.3, -0.25) is 0 Å². The molecule has 0 saturated carbocycles. The predicted molar refractivity (Wildman–Crippen MR) is 52.4 cm³/mol. The number of hydrogen-bond donors (Lipinski definition) is 2. The van der Waals surface area contributed by atoms with Crippen molar-refractivity contribution < 1.29 is 19.7 Å². The highest BCUT2D eigenvalue weighted by atomic mass is 16.7. The molecule has 0 aromatic rings. The lowest BCUT2D eigenvalue weighted by Gasteiger charge is -2.27. The zero-order valence-electron chi connectivity index (χ0n) is 8.91. The Morgan fingerprint density at radius 2 is 2.07 bits per heavy atom. The standard InChI is InChI=1S/C10H18O4/c1-7(2)5-10(13,6-11)14-9(12)8(3)4/h7,11,13H,3,5-6H2,1-2,4H3. The van der Waals surface area contributed by atoms with Crippen LogP contribution in [0.3, 0.4) is 0 Å². The van der Waals surface area contributed by atoms with E-state index >= 15 is 0 Å². The maximum Gasteiger partial charge on any atom is 0.335 e. The first-order chi connectivity index (χ1) is 6.30. The first-order valence-electron chi connectivity index (χ1n) is 4.53. The van der Waals surface area contributed by atoms with Crippen molar-refractivity contribution in [3.63, 3.8) is 0 Å². The Labute approximate surface area is 84.2 Å². The Morgan fingerprint density at radius 1 is 1.57 bits per heavy atom. The van der Waals surface area contributed by atoms with Gasteiger partial charge in [0.25, 0.3) is 0 Å². The van der Waals surface area contributed by atoms with Crippen molar-refractivity contribution in [3.05, 3.63) is 12.2 Å². The van der Waals surface area contributed by atoms with Crippen LogP contribution in [0.2, 0.25) is 0 Å². The molecular formula is C10H18O4. The van der Waals surface area contributed by atoms with E-state index in [-0.39, 0.29) is 17.9 Å². The molecule has 4 heteroatoms. The van der Waals surface area contributed by atoms with Gasteiger partial charge in [0.15, 0.2) is 0 Å². The Bertz CT molecular complexity index is 222. The number of ether oxygens (including phenoxy) is 1. The minimum absolute atomic E-state index is 0.116. The van der Waals surface area contributed by atoms with Gasteiger partial charge in [-0.2, -0.15) is 0 Å². The van der Waals surface area contributed by atoms with Crippen molar-refractivity contribution >= 4 is 5.97 Å². The molecule has 0 aliphatic heterocycles. The maximum atomic E-state index is 11.1. The van der Waals surface area contributed by atoms with Gasteiger partial charge in [0.05, 0.1) is 0 Å². The van der Waals surface area contributed by atoms with Crippen LogP contribution in [0.15, 0.2) is 12.2 Å². The molecule has 0 aliphatic rings. The minimum atomic E-state index is -1.79. The summed E-state index contributed by atoms with van der Waals surface area (Å²) < 4.78 is 4.73. The van der Waals surface area contributed by atoms with Crippen LogP contribution >= 0.6 is 0 Å². The van der Waals surface area contributed by atoms with Crippen LogP contribution < -0.4 is 0 Å². The molecule has 82 valence electrons. The molecule has 0 rings (SSSR count). The number of carbonyl (C=O) groups excluding carboxylic acids is 1.